The molecule has 0 saturated carbocycles. The highest BCUT2D eigenvalue weighted by molar-refractivity contribution is 7.92. The van der Waals surface area contributed by atoms with Gasteiger partial charge in [-0.25, -0.2) is 8.42 Å². The number of hydrogen-bond acceptors (Lipinski definition) is 4. The van der Waals surface area contributed by atoms with Gasteiger partial charge in [-0.05, 0) is 49.2 Å². The van der Waals surface area contributed by atoms with Gasteiger partial charge in [0.15, 0.2) is 6.10 Å². The number of nitrogens with zero attached hydrogens (tertiary/aromatic N) is 2. The number of carbonyl (C=O) groups excluding carboxylic acids is 1. The molecule has 3 aromatic rings. The predicted octanol–water partition coefficient (Wildman–Crippen LogP) is 3.54. The molecule has 0 aliphatic carbocycles. The summed E-state index contributed by atoms with van der Waals surface area (Å²) in [6.07, 6.45) is -0.155. The first-order chi connectivity index (χ1) is 14.9. The van der Waals surface area contributed by atoms with Crippen LogP contribution in [0.3, 0.4) is 0 Å². The lowest BCUT2D eigenvalue weighted by atomic mass is 10.1. The van der Waals surface area contributed by atoms with Gasteiger partial charge in [0.2, 0.25) is 0 Å². The summed E-state index contributed by atoms with van der Waals surface area (Å²) in [4.78, 5) is 15.3. The molecule has 1 unspecified atom stereocenters. The Kier molecular flexibility index (Phi) is 4.70. The summed E-state index contributed by atoms with van der Waals surface area (Å²) in [6, 6.07) is 21.4. The third kappa shape index (κ3) is 3.35. The molecule has 31 heavy (non-hydrogen) atoms. The highest BCUT2D eigenvalue weighted by Gasteiger charge is 2.40. The average molecular weight is 435 g/mol. The number of aryl methyl sites for hydroxylation is 1. The first-order valence-electron chi connectivity index (χ1n) is 10.2. The van der Waals surface area contributed by atoms with Crippen LogP contribution >= 0.6 is 0 Å². The molecule has 2 aliphatic heterocycles. The smallest absolute Gasteiger partial charge is 0.269 e. The number of benzene rings is 3. The first-order valence-corrected chi connectivity index (χ1v) is 11.6. The van der Waals surface area contributed by atoms with Crippen LogP contribution in [0.4, 0.5) is 11.4 Å². The second kappa shape index (κ2) is 7.42. The van der Waals surface area contributed by atoms with Gasteiger partial charge in [-0.15, -0.1) is 0 Å². The minimum Gasteiger partial charge on any atom is -0.476 e. The molecule has 0 N–H and O–H groups in total. The molecule has 3 aromatic carbocycles. The van der Waals surface area contributed by atoms with Crippen LogP contribution in [-0.4, -0.2) is 33.5 Å². The third-order valence-corrected chi connectivity index (χ3v) is 7.57. The van der Waals surface area contributed by atoms with Crippen molar-refractivity contribution in [2.45, 2.75) is 24.3 Å². The van der Waals surface area contributed by atoms with Gasteiger partial charge < -0.3 is 9.64 Å². The number of fused-ring (bicyclic) bond motifs is 2. The van der Waals surface area contributed by atoms with Crippen LogP contribution in [0.25, 0.3) is 0 Å². The van der Waals surface area contributed by atoms with E-state index in [9.17, 15) is 13.2 Å². The Hall–Kier alpha value is -3.32. The summed E-state index contributed by atoms with van der Waals surface area (Å²) in [5.41, 5.74) is 3.38. The summed E-state index contributed by atoms with van der Waals surface area (Å²) in [5, 5.41) is 0. The zero-order valence-electron chi connectivity index (χ0n) is 17.1. The molecule has 6 nitrogen and oxygen atoms in total. The standard InChI is InChI=1S/C24H22N2O4S/c1-17-10-12-19(13-11-17)31(28,29)26-16-23(30-22-9-5-4-8-21(22)26)24(27)25-15-14-18-6-2-3-7-20(18)25/h2-13,23H,14-16H2,1H3. The number of hydrogen-bond donors (Lipinski definition) is 0. The predicted molar refractivity (Wildman–Crippen MR) is 119 cm³/mol. The summed E-state index contributed by atoms with van der Waals surface area (Å²) in [7, 11) is -3.86. The van der Waals surface area contributed by atoms with E-state index < -0.39 is 16.1 Å². The maximum absolute atomic E-state index is 13.5. The summed E-state index contributed by atoms with van der Waals surface area (Å²) < 4.78 is 34.3. The Morgan fingerprint density at radius 3 is 2.39 bits per heavy atom. The van der Waals surface area contributed by atoms with Crippen molar-refractivity contribution < 1.29 is 17.9 Å². The van der Waals surface area contributed by atoms with Gasteiger partial charge in [-0.3, -0.25) is 9.10 Å². The van der Waals surface area contributed by atoms with Crippen molar-refractivity contribution in [3.05, 3.63) is 83.9 Å². The molecule has 0 aromatic heterocycles. The number of sulfonamides is 1. The fourth-order valence-electron chi connectivity index (χ4n) is 4.14. The van der Waals surface area contributed by atoms with E-state index in [2.05, 4.69) is 0 Å². The Morgan fingerprint density at radius 2 is 1.61 bits per heavy atom. The second-order valence-corrected chi connectivity index (χ2v) is 9.65. The highest BCUT2D eigenvalue weighted by atomic mass is 32.2. The minimum atomic E-state index is -3.86. The Balaban J connectivity index is 1.51. The minimum absolute atomic E-state index is 0.0786. The number of carbonyl (C=O) groups is 1. The molecule has 0 saturated heterocycles. The molecule has 0 bridgehead atoms. The fraction of sp³-hybridized carbons (Fsp3) is 0.208. The zero-order chi connectivity index (χ0) is 21.6. The van der Waals surface area contributed by atoms with Crippen molar-refractivity contribution in [1.82, 2.24) is 0 Å². The number of ether oxygens (including phenoxy) is 1. The zero-order valence-corrected chi connectivity index (χ0v) is 17.9. The third-order valence-electron chi connectivity index (χ3n) is 5.77. The molecule has 158 valence electrons. The maximum Gasteiger partial charge on any atom is 0.269 e. The lowest BCUT2D eigenvalue weighted by Gasteiger charge is -2.36. The first kappa shape index (κ1) is 19.6. The molecular formula is C24H22N2O4S. The molecular weight excluding hydrogens is 412 g/mol. The van der Waals surface area contributed by atoms with Crippen LogP contribution < -0.4 is 13.9 Å². The van der Waals surface area contributed by atoms with E-state index >= 15 is 0 Å². The lowest BCUT2D eigenvalue weighted by Crippen LogP contribution is -2.51. The Morgan fingerprint density at radius 1 is 0.935 bits per heavy atom. The fourth-order valence-corrected chi connectivity index (χ4v) is 5.61. The van der Waals surface area contributed by atoms with Crippen molar-refractivity contribution in [2.75, 3.05) is 22.3 Å². The van der Waals surface area contributed by atoms with Crippen LogP contribution in [0.5, 0.6) is 5.75 Å². The number of amides is 1. The van der Waals surface area contributed by atoms with E-state index in [1.54, 1.807) is 53.4 Å². The SMILES string of the molecule is Cc1ccc(S(=O)(=O)N2CC(C(=O)N3CCc4ccccc43)Oc3ccccc32)cc1. The van der Waals surface area contributed by atoms with E-state index in [-0.39, 0.29) is 17.3 Å². The number of para-hydroxylation sites is 3. The quantitative estimate of drug-likeness (QED) is 0.632. The van der Waals surface area contributed by atoms with Crippen molar-refractivity contribution in [3.8, 4) is 5.75 Å². The van der Waals surface area contributed by atoms with Crippen molar-refractivity contribution in [1.29, 1.82) is 0 Å². The summed E-state index contributed by atoms with van der Waals surface area (Å²) >= 11 is 0. The number of anilines is 2. The molecule has 0 radical (unpaired) electrons. The van der Waals surface area contributed by atoms with Crippen LogP contribution in [0.15, 0.2) is 77.7 Å². The highest BCUT2D eigenvalue weighted by Crippen LogP contribution is 2.38. The normalized spacial score (nSPS) is 17.6. The van der Waals surface area contributed by atoms with Crippen LogP contribution in [0, 0.1) is 6.92 Å². The van der Waals surface area contributed by atoms with E-state index in [4.69, 9.17) is 4.74 Å². The van der Waals surface area contributed by atoms with E-state index in [0.29, 0.717) is 18.0 Å². The monoisotopic (exact) mass is 434 g/mol. The largest absolute Gasteiger partial charge is 0.476 e. The van der Waals surface area contributed by atoms with Gasteiger partial charge >= 0.3 is 0 Å². The van der Waals surface area contributed by atoms with E-state index in [1.165, 1.54) is 4.31 Å². The molecule has 2 aliphatic rings. The molecule has 1 amide bonds. The van der Waals surface area contributed by atoms with Gasteiger partial charge in [-0.2, -0.15) is 0 Å². The van der Waals surface area contributed by atoms with Gasteiger partial charge in [-0.1, -0.05) is 48.0 Å². The van der Waals surface area contributed by atoms with E-state index in [1.807, 2.05) is 31.2 Å². The van der Waals surface area contributed by atoms with Crippen molar-refractivity contribution in [3.63, 3.8) is 0 Å². The van der Waals surface area contributed by atoms with Crippen LogP contribution in [0.2, 0.25) is 0 Å². The van der Waals surface area contributed by atoms with Crippen molar-refractivity contribution >= 4 is 27.3 Å². The topological polar surface area (TPSA) is 66.9 Å². The maximum atomic E-state index is 13.5. The van der Waals surface area contributed by atoms with Gasteiger partial charge in [0.1, 0.15) is 5.75 Å². The molecule has 0 spiro atoms. The Labute approximate surface area is 181 Å². The van der Waals surface area contributed by atoms with Gasteiger partial charge in [0, 0.05) is 12.2 Å². The van der Waals surface area contributed by atoms with Gasteiger partial charge in [0.05, 0.1) is 17.1 Å². The summed E-state index contributed by atoms with van der Waals surface area (Å²) in [6.45, 7) is 2.39. The molecule has 2 heterocycles. The van der Waals surface area contributed by atoms with Gasteiger partial charge in [0.25, 0.3) is 15.9 Å². The molecule has 5 rings (SSSR count). The molecule has 0 fully saturated rings. The lowest BCUT2D eigenvalue weighted by molar-refractivity contribution is -0.125. The number of rotatable bonds is 3. The van der Waals surface area contributed by atoms with Crippen LogP contribution in [0.1, 0.15) is 11.1 Å². The van der Waals surface area contributed by atoms with E-state index in [0.717, 1.165) is 23.2 Å². The molecule has 7 heteroatoms. The Bertz CT molecular complexity index is 1250. The second-order valence-electron chi connectivity index (χ2n) is 7.79. The molecule has 1 atom stereocenters. The average Bonchev–Trinajstić information content (AvgIpc) is 3.22. The van der Waals surface area contributed by atoms with Crippen molar-refractivity contribution in [2.24, 2.45) is 0 Å². The summed E-state index contributed by atoms with van der Waals surface area (Å²) in [5.74, 6) is 0.152. The van der Waals surface area contributed by atoms with Crippen LogP contribution in [-0.2, 0) is 21.2 Å².